The maximum Gasteiger partial charge on any atom is 0.351 e. The molecule has 15 rings (SSSR count). The fourth-order valence-corrected chi connectivity index (χ4v) is 25.9. The highest BCUT2D eigenvalue weighted by atomic mass is 32.7. The molecule has 57 nitrogen and oxygen atoms in total. The highest BCUT2D eigenvalue weighted by Crippen LogP contribution is 2.57. The van der Waals surface area contributed by atoms with Crippen molar-refractivity contribution < 1.29 is 130 Å². The molecule has 142 heavy (non-hydrogen) atoms. The van der Waals surface area contributed by atoms with E-state index in [-0.39, 0.29) is 76.3 Å². The number of aromatic nitrogens is 16. The van der Waals surface area contributed by atoms with Crippen LogP contribution in [0.2, 0.25) is 0 Å². The summed E-state index contributed by atoms with van der Waals surface area (Å²) in [4.78, 5) is 255. The van der Waals surface area contributed by atoms with Crippen molar-refractivity contribution in [2.45, 2.75) is 222 Å². The Morgan fingerprint density at radius 1 is 0.366 bits per heavy atom. The first kappa shape index (κ1) is 110. The number of aryl methyl sites for hydroxylation is 6. The number of rotatable bonds is 40. The number of nitrogens with zero attached hydrogens (tertiary/aromatic N) is 11. The van der Waals surface area contributed by atoms with Gasteiger partial charge in [-0.3, -0.25) is 85.4 Å². The molecule has 8 aromatic rings. The van der Waals surface area contributed by atoms with Crippen molar-refractivity contribution in [1.82, 2.24) is 76.8 Å². The molecule has 7 fully saturated rings. The minimum atomic E-state index is -5.09. The van der Waals surface area contributed by atoms with Crippen molar-refractivity contribution in [2.75, 3.05) is 58.2 Å². The number of nitrogens with one attached hydrogen (secondary N) is 5. The summed E-state index contributed by atoms with van der Waals surface area (Å²) in [6.45, 7) is -29.1. The van der Waals surface area contributed by atoms with Crippen LogP contribution in [0.4, 0.5) is 11.6 Å². The second-order valence-electron chi connectivity index (χ2n) is 33.3. The average Bonchev–Trinajstić information content (AvgIpc) is 1.66. The monoisotopic (exact) mass is 2260 g/mol. The summed E-state index contributed by atoms with van der Waals surface area (Å²) in [6.07, 6.45) is -22.6. The third kappa shape index (κ3) is 26.4. The molecule has 0 amide bonds. The number of fused-ring (bicyclic) bond motifs is 1. The lowest BCUT2D eigenvalue weighted by Gasteiger charge is -2.36. The van der Waals surface area contributed by atoms with Crippen molar-refractivity contribution in [2.24, 2.45) is 0 Å². The van der Waals surface area contributed by atoms with Gasteiger partial charge in [-0.2, -0.15) is 4.98 Å². The molecule has 71 heteroatoms. The number of nitrogen functional groups attached to an aromatic ring is 2. The zero-order chi connectivity index (χ0) is 103. The predicted octanol–water partition coefficient (Wildman–Crippen LogP) is -3.51. The minimum absolute atomic E-state index is 0.00965. The van der Waals surface area contributed by atoms with Crippen LogP contribution in [0.1, 0.15) is 129 Å². The van der Waals surface area contributed by atoms with Gasteiger partial charge in [0.2, 0.25) is 0 Å². The van der Waals surface area contributed by atoms with Crippen LogP contribution in [-0.4, -0.2) is 209 Å². The average molecular weight is 2260 g/mol. The maximum absolute atomic E-state index is 14.9. The van der Waals surface area contributed by atoms with Crippen molar-refractivity contribution >= 4 is 153 Å². The lowest BCUT2D eigenvalue weighted by molar-refractivity contribution is -0.221. The third-order valence-electron chi connectivity index (χ3n) is 23.3. The number of imidazole rings is 1. The van der Waals surface area contributed by atoms with E-state index in [1.54, 1.807) is 13.8 Å². The quantitative estimate of drug-likeness (QED) is 0.0145. The van der Waals surface area contributed by atoms with Gasteiger partial charge in [0.25, 0.3) is 27.8 Å². The molecule has 9 N–H and O–H groups in total. The van der Waals surface area contributed by atoms with Crippen LogP contribution in [0.3, 0.4) is 0 Å². The number of anilines is 2. The summed E-state index contributed by atoms with van der Waals surface area (Å²) < 4.78 is 146. The van der Waals surface area contributed by atoms with E-state index in [1.165, 1.54) is 64.1 Å². The molecule has 7 aliphatic rings. The van der Waals surface area contributed by atoms with Crippen molar-refractivity contribution in [3.63, 3.8) is 0 Å². The number of nitrogens with two attached hydrogens (primary N) is 2. The molecule has 0 aromatic carbocycles. The Bertz CT molecular complexity index is 7230. The van der Waals surface area contributed by atoms with E-state index < -0.39 is 297 Å². The fraction of sp³-hybridized carbons (Fsp3) is 0.592. The SMILES string of the molecule is COP([O-])(=S)OC1C[C@H](n2cc(C)c(=O)[nH]c2=O)O[C@@H]1COP([O-])(=S)OC1C[C@H](n2cc(C)c(=O)[nH]c2=O)O[C@@H]1COP([O-])(=S)OC1C[C@H](n2cc(C)c(=O)[nH]c2=O)O[C@@H]1COP([O-])(=S)OC1C[C@H](n2cc(C)c(=O)[nH]c2=O)O[C@@H]1COP([O-])(=S)OC1C[C@H](n2cnc3c(N)ncnc32)O[C@@H]1COP(=O)([S-])OC1C[C@H](n2cc(C)c(N)nc2=O)O[C@@H]1COP([O-])(=S)OC1C[C@H](n2cc(C)c(=O)[nH]c2=O)O[C@@H]1C. The summed E-state index contributed by atoms with van der Waals surface area (Å²) in [5, 5.41) is 0. The zero-order valence-electron chi connectivity index (χ0n) is 74.9. The van der Waals surface area contributed by atoms with Crippen LogP contribution < -0.4 is 103 Å². The van der Waals surface area contributed by atoms with Gasteiger partial charge in [-0.25, -0.2) is 43.7 Å². The minimum Gasteiger partial charge on any atom is -0.780 e. The molecule has 7 saturated heterocycles. The Labute approximate surface area is 833 Å². The second-order valence-corrected chi connectivity index (χ2v) is 52.3. The van der Waals surface area contributed by atoms with Crippen LogP contribution in [0, 0.1) is 41.5 Å². The molecule has 15 heterocycles. The predicted molar refractivity (Wildman–Crippen MR) is 501 cm³/mol. The molecule has 0 spiro atoms. The topological polar surface area (TPSA) is 754 Å². The van der Waals surface area contributed by atoms with Crippen molar-refractivity contribution in [3.8, 4) is 0 Å². The molecule has 28 atom stereocenters. The first-order valence-electron chi connectivity index (χ1n) is 42.4. The van der Waals surface area contributed by atoms with Crippen LogP contribution in [0.5, 0.6) is 0 Å². The Hall–Kier alpha value is -6.17. The lowest BCUT2D eigenvalue weighted by atomic mass is 10.2. The van der Waals surface area contributed by atoms with Gasteiger partial charge in [-0.05, 0) is 48.5 Å². The summed E-state index contributed by atoms with van der Waals surface area (Å²) in [5.74, 6) is -0.161. The van der Waals surface area contributed by atoms with Gasteiger partial charge in [0, 0.05) is 123 Å². The van der Waals surface area contributed by atoms with Crippen LogP contribution in [0.15, 0.2) is 103 Å². The van der Waals surface area contributed by atoms with Gasteiger partial charge in [-0.15, -0.1) is 0 Å². The van der Waals surface area contributed by atoms with E-state index >= 15 is 0 Å². The summed E-state index contributed by atoms with van der Waals surface area (Å²) in [6, 6.07) is 0. The highest BCUT2D eigenvalue weighted by molar-refractivity contribution is 8.32. The summed E-state index contributed by atoms with van der Waals surface area (Å²) in [5.41, 5.74) is 3.56. The summed E-state index contributed by atoms with van der Waals surface area (Å²) >= 11 is 37.6. The Balaban J connectivity index is 0.634. The van der Waals surface area contributed by atoms with E-state index in [4.69, 9.17) is 191 Å². The molecule has 0 saturated carbocycles. The van der Waals surface area contributed by atoms with Gasteiger partial charge >= 0.3 is 34.1 Å². The molecular weight excluding hydrogens is 2170 g/mol. The normalized spacial score (nSPS) is 29.9. The zero-order valence-corrected chi connectivity index (χ0v) is 86.9. The molecule has 0 aliphatic carbocycles. The third-order valence-corrected chi connectivity index (χ3v) is 34.4. The van der Waals surface area contributed by atoms with Gasteiger partial charge < -0.3 is 150 Å². The first-order valence-corrected chi connectivity index (χ1v) is 60.3. The number of hydrogen-bond acceptors (Lipinski definition) is 52. The maximum atomic E-state index is 14.9. The fourth-order valence-electron chi connectivity index (χ4n) is 16.1. The number of ether oxygens (including phenoxy) is 7. The molecule has 0 radical (unpaired) electrons. The van der Waals surface area contributed by atoms with E-state index in [2.05, 4.69) is 44.9 Å². The molecule has 0 bridgehead atoms. The van der Waals surface area contributed by atoms with Crippen molar-refractivity contribution in [3.05, 3.63) is 198 Å². The van der Waals surface area contributed by atoms with E-state index in [1.807, 2.05) is 0 Å². The number of H-pyrrole nitrogens is 5. The smallest absolute Gasteiger partial charge is 0.351 e. The van der Waals surface area contributed by atoms with Gasteiger partial charge in [0.15, 0.2) is 18.3 Å². The van der Waals surface area contributed by atoms with Crippen molar-refractivity contribution in [1.29, 1.82) is 0 Å². The lowest BCUT2D eigenvalue weighted by Crippen LogP contribution is -2.35. The Morgan fingerprint density at radius 3 is 0.944 bits per heavy atom. The molecular formula is C71H88N18O39P7S7-7. The van der Waals surface area contributed by atoms with Gasteiger partial charge in [0.05, 0.1) is 94.8 Å². The Morgan fingerprint density at radius 2 is 0.627 bits per heavy atom. The molecule has 7 aliphatic heterocycles. The van der Waals surface area contributed by atoms with Crippen LogP contribution in [0.25, 0.3) is 11.2 Å². The summed E-state index contributed by atoms with van der Waals surface area (Å²) in [7, 11) is 1.00. The molecule has 14 unspecified atom stereocenters. The first-order chi connectivity index (χ1) is 66.5. The molecule has 780 valence electrons. The molecule has 8 aromatic heterocycles. The highest BCUT2D eigenvalue weighted by Gasteiger charge is 2.49. The number of hydrogen-bond donors (Lipinski definition) is 7. The van der Waals surface area contributed by atoms with Gasteiger partial charge in [0.1, 0.15) is 138 Å². The van der Waals surface area contributed by atoms with E-state index in [9.17, 15) is 86.7 Å². The second kappa shape index (κ2) is 44.2. The van der Waals surface area contributed by atoms with Crippen LogP contribution >= 0.6 is 47.1 Å². The standard InChI is InChI=1S/C71H95N18O39P7S7/c1-30-16-83(66(95)77-58(30)72)51-11-39(45(117-51)23-109-130(102,137)122-37-9-50(115-36(37)7)84-17-31(2)61(90)78-67(84)96)124-134(106,141)114-27-49-43(15-56(121-49)89-29-76-57-59(73)74-28-75-60(57)89)128-135(107,142)113-26-48-42(14-55(120-48)88-21-35(6)65(94)82-71(88)100)127-133(105,140)112-25-47-41(13-54(119-47)87-20-34(5)64(93)81-70(87)99)126-132(104,139)111-24-46-40(12-53(118-46)86-19-33(4)63(92)80-69(86)98)125-131(103,138)110-22-44-38(123-129(101,136)108-8)10-52(116-44)85-18-32(3)62(91)79-68(85)97/h16-21,28-29,36-56H,9-15,22-27H2,1-8H3,(H,101,136)(H,102,137)(H,103,138)(H,104,139)(H,105,140)(H,106,141)(H,107,142)(H2,72,77,95)(H2,73,74,75)(H,78,90,96)(H,79,91,97)(H,80,92,98)(H,81,93,99)(H,82,94,100)/p-7/t36-,37?,38?,39?,40?,41?,42?,43?,44-,45-,46-,47-,48-,49-,50-,51-,52-,53-,54-,55-,56-,129?,130?,131?,132?,133?,134?,135?/m1/s1. The largest absolute Gasteiger partial charge is 0.780 e. The Kier molecular flexibility index (Phi) is 34.2. The van der Waals surface area contributed by atoms with Crippen LogP contribution in [-0.2, 0) is 184 Å². The van der Waals surface area contributed by atoms with Gasteiger partial charge in [-0.1, -0.05) is 70.8 Å². The van der Waals surface area contributed by atoms with E-state index in [0.29, 0.717) is 5.56 Å². The number of aromatic amines is 5. The van der Waals surface area contributed by atoms with E-state index in [0.717, 1.165) is 59.4 Å².